The first kappa shape index (κ1) is 74.2. The van der Waals surface area contributed by atoms with Crippen molar-refractivity contribution in [2.24, 2.45) is 0 Å². The van der Waals surface area contributed by atoms with E-state index in [9.17, 15) is 14.4 Å². The summed E-state index contributed by atoms with van der Waals surface area (Å²) in [5.74, 6) is -0.830. The summed E-state index contributed by atoms with van der Waals surface area (Å²) in [7, 11) is 0. The normalized spacial score (nSPS) is 12.0. The van der Waals surface area contributed by atoms with Crippen molar-refractivity contribution in [2.45, 2.75) is 406 Å². The van der Waals surface area contributed by atoms with Crippen LogP contribution in [-0.4, -0.2) is 37.2 Å². The van der Waals surface area contributed by atoms with E-state index in [1.807, 2.05) is 0 Å². The Morgan fingerprint density at radius 1 is 0.250 bits per heavy atom. The zero-order valence-electron chi connectivity index (χ0n) is 51.8. The molecule has 6 heteroatoms. The summed E-state index contributed by atoms with van der Waals surface area (Å²) in [4.78, 5) is 38.4. The molecule has 0 rings (SSSR count). The monoisotopic (exact) mass is 1070 g/mol. The van der Waals surface area contributed by atoms with Gasteiger partial charge in [0.15, 0.2) is 6.10 Å². The SMILES string of the molecule is CCCCCCCC/C=C\CCCCCCCCCCCC(=O)OC(COC(=O)CCCCCCCCCCCCCCCCCC)COC(=O)CCCCCCCCCCCCCCCCCCCCCCCCC. The number of rotatable bonds is 65. The Morgan fingerprint density at radius 3 is 0.658 bits per heavy atom. The molecular formula is C70H134O6. The lowest BCUT2D eigenvalue weighted by Crippen LogP contribution is -2.30. The predicted octanol–water partition coefficient (Wildman–Crippen LogP) is 23.6. The van der Waals surface area contributed by atoms with Crippen molar-refractivity contribution < 1.29 is 28.6 Å². The van der Waals surface area contributed by atoms with Crippen molar-refractivity contribution in [3.63, 3.8) is 0 Å². The minimum Gasteiger partial charge on any atom is -0.462 e. The van der Waals surface area contributed by atoms with E-state index < -0.39 is 6.10 Å². The summed E-state index contributed by atoms with van der Waals surface area (Å²) in [6.07, 6.45) is 78.0. The first-order valence-electron chi connectivity index (χ1n) is 34.7. The number of carbonyl (C=O) groups excluding carboxylic acids is 3. The number of allylic oxidation sites excluding steroid dienone is 2. The summed E-state index contributed by atoms with van der Waals surface area (Å²) in [6, 6.07) is 0. The molecule has 0 saturated heterocycles. The van der Waals surface area contributed by atoms with Crippen LogP contribution in [0.25, 0.3) is 0 Å². The molecule has 1 atom stereocenters. The molecule has 0 aromatic rings. The van der Waals surface area contributed by atoms with Gasteiger partial charge in [-0.25, -0.2) is 0 Å². The van der Waals surface area contributed by atoms with Crippen molar-refractivity contribution in [3.05, 3.63) is 12.2 Å². The Balaban J connectivity index is 4.26. The molecule has 0 spiro atoms. The summed E-state index contributed by atoms with van der Waals surface area (Å²) in [6.45, 7) is 6.73. The average molecular weight is 1070 g/mol. The van der Waals surface area contributed by atoms with Crippen LogP contribution in [0.3, 0.4) is 0 Å². The van der Waals surface area contributed by atoms with Crippen molar-refractivity contribution in [3.8, 4) is 0 Å². The van der Waals surface area contributed by atoms with Gasteiger partial charge < -0.3 is 14.2 Å². The van der Waals surface area contributed by atoms with E-state index in [-0.39, 0.29) is 31.1 Å². The maximum absolute atomic E-state index is 12.9. The topological polar surface area (TPSA) is 78.9 Å². The van der Waals surface area contributed by atoms with Gasteiger partial charge in [0.25, 0.3) is 0 Å². The second kappa shape index (κ2) is 65.7. The van der Waals surface area contributed by atoms with Gasteiger partial charge in [-0.3, -0.25) is 14.4 Å². The Bertz CT molecular complexity index is 1180. The second-order valence-corrected chi connectivity index (χ2v) is 23.8. The van der Waals surface area contributed by atoms with Crippen LogP contribution in [0.4, 0.5) is 0 Å². The summed E-state index contributed by atoms with van der Waals surface area (Å²) < 4.78 is 17.0. The fourth-order valence-corrected chi connectivity index (χ4v) is 10.8. The largest absolute Gasteiger partial charge is 0.462 e. The molecule has 0 aromatic heterocycles. The highest BCUT2D eigenvalue weighted by molar-refractivity contribution is 5.71. The highest BCUT2D eigenvalue weighted by atomic mass is 16.6. The predicted molar refractivity (Wildman–Crippen MR) is 330 cm³/mol. The molecule has 0 fully saturated rings. The van der Waals surface area contributed by atoms with E-state index in [0.717, 1.165) is 57.8 Å². The van der Waals surface area contributed by atoms with E-state index in [1.54, 1.807) is 0 Å². The van der Waals surface area contributed by atoms with Crippen LogP contribution in [0.5, 0.6) is 0 Å². The highest BCUT2D eigenvalue weighted by Crippen LogP contribution is 2.19. The molecule has 0 aliphatic heterocycles. The standard InChI is InChI=1S/C70H134O6/c1-4-7-10-13-16-19-22-25-28-31-33-34-35-36-38-39-42-45-48-51-54-57-60-63-69(72)75-66-67(65-74-68(71)62-59-56-53-50-47-44-41-30-27-24-21-18-15-12-9-6-3)76-70(73)64-61-58-55-52-49-46-43-40-37-32-29-26-23-20-17-14-11-8-5-2/h26,29,67H,4-25,27-28,30-66H2,1-3H3/b29-26-. The van der Waals surface area contributed by atoms with Gasteiger partial charge >= 0.3 is 17.9 Å². The van der Waals surface area contributed by atoms with Crippen molar-refractivity contribution in [1.82, 2.24) is 0 Å². The second-order valence-electron chi connectivity index (χ2n) is 23.8. The number of esters is 3. The molecule has 0 heterocycles. The number of ether oxygens (including phenoxy) is 3. The molecule has 0 amide bonds. The van der Waals surface area contributed by atoms with Crippen LogP contribution < -0.4 is 0 Å². The summed E-state index contributed by atoms with van der Waals surface area (Å²) in [5, 5.41) is 0. The maximum Gasteiger partial charge on any atom is 0.306 e. The average Bonchev–Trinajstić information content (AvgIpc) is 3.42. The lowest BCUT2D eigenvalue weighted by atomic mass is 10.0. The van der Waals surface area contributed by atoms with Crippen LogP contribution in [-0.2, 0) is 28.6 Å². The van der Waals surface area contributed by atoms with Gasteiger partial charge in [-0.15, -0.1) is 0 Å². The third-order valence-corrected chi connectivity index (χ3v) is 16.0. The van der Waals surface area contributed by atoms with Gasteiger partial charge in [-0.1, -0.05) is 348 Å². The zero-order valence-corrected chi connectivity index (χ0v) is 51.8. The van der Waals surface area contributed by atoms with Crippen molar-refractivity contribution in [1.29, 1.82) is 0 Å². The number of carbonyl (C=O) groups is 3. The van der Waals surface area contributed by atoms with Crippen molar-refractivity contribution in [2.75, 3.05) is 13.2 Å². The first-order chi connectivity index (χ1) is 37.5. The lowest BCUT2D eigenvalue weighted by Gasteiger charge is -2.18. The first-order valence-corrected chi connectivity index (χ1v) is 34.7. The fraction of sp³-hybridized carbons (Fsp3) is 0.929. The molecule has 0 aliphatic carbocycles. The van der Waals surface area contributed by atoms with Crippen molar-refractivity contribution >= 4 is 17.9 Å². The van der Waals surface area contributed by atoms with E-state index in [0.29, 0.717) is 19.3 Å². The molecule has 0 bridgehead atoms. The molecule has 76 heavy (non-hydrogen) atoms. The van der Waals surface area contributed by atoms with Crippen LogP contribution in [0.15, 0.2) is 12.2 Å². The maximum atomic E-state index is 12.9. The molecule has 0 aliphatic rings. The van der Waals surface area contributed by atoms with Gasteiger partial charge in [0.05, 0.1) is 0 Å². The molecule has 6 nitrogen and oxygen atoms in total. The van der Waals surface area contributed by atoms with Crippen LogP contribution >= 0.6 is 0 Å². The van der Waals surface area contributed by atoms with Gasteiger partial charge in [0, 0.05) is 19.3 Å². The Hall–Kier alpha value is -1.85. The lowest BCUT2D eigenvalue weighted by molar-refractivity contribution is -0.167. The van der Waals surface area contributed by atoms with E-state index >= 15 is 0 Å². The number of hydrogen-bond acceptors (Lipinski definition) is 6. The number of hydrogen-bond donors (Lipinski definition) is 0. The molecule has 0 saturated carbocycles. The van der Waals surface area contributed by atoms with Crippen LogP contribution in [0, 0.1) is 0 Å². The van der Waals surface area contributed by atoms with Crippen LogP contribution in [0.1, 0.15) is 400 Å². The van der Waals surface area contributed by atoms with Gasteiger partial charge in [0.2, 0.25) is 0 Å². The van der Waals surface area contributed by atoms with E-state index in [2.05, 4.69) is 32.9 Å². The summed E-state index contributed by atoms with van der Waals surface area (Å²) in [5.41, 5.74) is 0. The summed E-state index contributed by atoms with van der Waals surface area (Å²) >= 11 is 0. The van der Waals surface area contributed by atoms with E-state index in [4.69, 9.17) is 14.2 Å². The Kier molecular flexibility index (Phi) is 64.1. The zero-order chi connectivity index (χ0) is 55.0. The van der Waals surface area contributed by atoms with Gasteiger partial charge in [-0.2, -0.15) is 0 Å². The molecule has 0 N–H and O–H groups in total. The molecule has 450 valence electrons. The van der Waals surface area contributed by atoms with Gasteiger partial charge in [0.1, 0.15) is 13.2 Å². The third kappa shape index (κ3) is 63.0. The quantitative estimate of drug-likeness (QED) is 0.0261. The van der Waals surface area contributed by atoms with E-state index in [1.165, 1.54) is 302 Å². The highest BCUT2D eigenvalue weighted by Gasteiger charge is 2.19. The molecule has 0 radical (unpaired) electrons. The van der Waals surface area contributed by atoms with Crippen LogP contribution in [0.2, 0.25) is 0 Å². The van der Waals surface area contributed by atoms with Gasteiger partial charge in [-0.05, 0) is 44.9 Å². The number of unbranched alkanes of at least 4 members (excludes halogenated alkanes) is 52. The molecule has 0 aromatic carbocycles. The minimum atomic E-state index is -0.767. The minimum absolute atomic E-state index is 0.0638. The Labute approximate surface area is 475 Å². The Morgan fingerprint density at radius 2 is 0.434 bits per heavy atom. The molecule has 1 unspecified atom stereocenters. The fourth-order valence-electron chi connectivity index (χ4n) is 10.8. The molecular weight excluding hydrogens is 937 g/mol. The smallest absolute Gasteiger partial charge is 0.306 e. The third-order valence-electron chi connectivity index (χ3n) is 16.0.